The Labute approximate surface area is 104 Å². The molecule has 1 amide bonds. The van der Waals surface area contributed by atoms with Crippen molar-refractivity contribution in [3.05, 3.63) is 16.6 Å². The molecule has 6 heteroatoms. The number of carbonyl (C=O) groups excluding carboxylic acids is 1. The predicted molar refractivity (Wildman–Crippen MR) is 66.2 cm³/mol. The zero-order valence-electron chi connectivity index (χ0n) is 9.63. The molecule has 17 heavy (non-hydrogen) atoms. The Kier molecular flexibility index (Phi) is 3.09. The SMILES string of the molecule is O=C(c1cscn1)N1CCN(C2CNC2)CC1. The van der Waals surface area contributed by atoms with Crippen molar-refractivity contribution in [2.45, 2.75) is 6.04 Å². The molecule has 1 N–H and O–H groups in total. The molecule has 0 spiro atoms. The highest BCUT2D eigenvalue weighted by Gasteiger charge is 2.29. The molecule has 92 valence electrons. The summed E-state index contributed by atoms with van der Waals surface area (Å²) in [4.78, 5) is 20.5. The second-order valence-corrected chi connectivity index (χ2v) is 5.23. The van der Waals surface area contributed by atoms with Crippen LogP contribution in [-0.4, -0.2) is 66.0 Å². The smallest absolute Gasteiger partial charge is 0.273 e. The van der Waals surface area contributed by atoms with Crippen LogP contribution in [0.4, 0.5) is 0 Å². The van der Waals surface area contributed by atoms with Crippen LogP contribution in [0.25, 0.3) is 0 Å². The van der Waals surface area contributed by atoms with Gasteiger partial charge in [-0.3, -0.25) is 9.69 Å². The van der Waals surface area contributed by atoms with E-state index >= 15 is 0 Å². The molecule has 0 atom stereocenters. The number of thiazole rings is 1. The third-order valence-corrected chi connectivity index (χ3v) is 4.12. The van der Waals surface area contributed by atoms with E-state index in [2.05, 4.69) is 15.2 Å². The van der Waals surface area contributed by atoms with Gasteiger partial charge in [-0.05, 0) is 0 Å². The minimum absolute atomic E-state index is 0.0811. The first-order chi connectivity index (χ1) is 8.34. The third-order valence-electron chi connectivity index (χ3n) is 3.53. The summed E-state index contributed by atoms with van der Waals surface area (Å²) in [5.41, 5.74) is 2.30. The summed E-state index contributed by atoms with van der Waals surface area (Å²) in [5.74, 6) is 0.0811. The van der Waals surface area contributed by atoms with E-state index in [1.165, 1.54) is 11.3 Å². The number of nitrogens with zero attached hydrogens (tertiary/aromatic N) is 3. The lowest BCUT2D eigenvalue weighted by atomic mass is 10.1. The maximum Gasteiger partial charge on any atom is 0.273 e. The van der Waals surface area contributed by atoms with Crippen molar-refractivity contribution >= 4 is 17.2 Å². The average molecular weight is 252 g/mol. The summed E-state index contributed by atoms with van der Waals surface area (Å²) in [6.45, 7) is 5.82. The van der Waals surface area contributed by atoms with Crippen LogP contribution in [-0.2, 0) is 0 Å². The minimum Gasteiger partial charge on any atom is -0.335 e. The molecule has 0 radical (unpaired) electrons. The molecule has 0 aromatic carbocycles. The molecular weight excluding hydrogens is 236 g/mol. The van der Waals surface area contributed by atoms with E-state index in [9.17, 15) is 4.79 Å². The Hall–Kier alpha value is -0.980. The molecule has 0 unspecified atom stereocenters. The van der Waals surface area contributed by atoms with Crippen LogP contribution in [0.3, 0.4) is 0 Å². The molecule has 0 aliphatic carbocycles. The second kappa shape index (κ2) is 4.72. The predicted octanol–water partition coefficient (Wildman–Crippen LogP) is -0.127. The number of hydrogen-bond acceptors (Lipinski definition) is 5. The molecule has 0 bridgehead atoms. The molecule has 2 aliphatic heterocycles. The number of piperazine rings is 1. The van der Waals surface area contributed by atoms with E-state index in [-0.39, 0.29) is 5.91 Å². The van der Waals surface area contributed by atoms with Crippen LogP contribution < -0.4 is 5.32 Å². The van der Waals surface area contributed by atoms with E-state index in [1.807, 2.05) is 10.3 Å². The summed E-state index contributed by atoms with van der Waals surface area (Å²) >= 11 is 1.47. The highest BCUT2D eigenvalue weighted by Crippen LogP contribution is 2.12. The lowest BCUT2D eigenvalue weighted by Crippen LogP contribution is -2.62. The first-order valence-electron chi connectivity index (χ1n) is 5.97. The van der Waals surface area contributed by atoms with Gasteiger partial charge in [-0.15, -0.1) is 11.3 Å². The standard InChI is InChI=1S/C11H16N4OS/c16-11(10-7-17-8-13-10)15-3-1-14(2-4-15)9-5-12-6-9/h7-9,12H,1-6H2. The molecule has 1 aromatic heterocycles. The van der Waals surface area contributed by atoms with E-state index in [4.69, 9.17) is 0 Å². The first-order valence-corrected chi connectivity index (χ1v) is 6.91. The largest absolute Gasteiger partial charge is 0.335 e. The van der Waals surface area contributed by atoms with Crippen LogP contribution in [0.1, 0.15) is 10.5 Å². The Morgan fingerprint density at radius 3 is 2.65 bits per heavy atom. The molecule has 0 saturated carbocycles. The number of rotatable bonds is 2. The number of amides is 1. The Bertz CT molecular complexity index is 382. The van der Waals surface area contributed by atoms with E-state index in [1.54, 1.807) is 5.51 Å². The first kappa shape index (κ1) is 11.1. The third kappa shape index (κ3) is 2.20. The van der Waals surface area contributed by atoms with Crippen molar-refractivity contribution in [3.8, 4) is 0 Å². The zero-order valence-corrected chi connectivity index (χ0v) is 10.4. The Balaban J connectivity index is 1.55. The topological polar surface area (TPSA) is 48.5 Å². The van der Waals surface area contributed by atoms with Crippen molar-refractivity contribution < 1.29 is 4.79 Å². The van der Waals surface area contributed by atoms with Gasteiger partial charge in [0.15, 0.2) is 0 Å². The Morgan fingerprint density at radius 2 is 2.12 bits per heavy atom. The van der Waals surface area contributed by atoms with Gasteiger partial charge in [-0.1, -0.05) is 0 Å². The van der Waals surface area contributed by atoms with Gasteiger partial charge >= 0.3 is 0 Å². The van der Waals surface area contributed by atoms with Gasteiger partial charge in [0, 0.05) is 50.7 Å². The van der Waals surface area contributed by atoms with Gasteiger partial charge in [-0.25, -0.2) is 4.98 Å². The number of carbonyl (C=O) groups is 1. The van der Waals surface area contributed by atoms with Crippen molar-refractivity contribution in [2.24, 2.45) is 0 Å². The van der Waals surface area contributed by atoms with Gasteiger partial charge in [0.25, 0.3) is 5.91 Å². The molecular formula is C11H16N4OS. The van der Waals surface area contributed by atoms with Crippen molar-refractivity contribution in [2.75, 3.05) is 39.3 Å². The van der Waals surface area contributed by atoms with Crippen LogP contribution in [0.15, 0.2) is 10.9 Å². The van der Waals surface area contributed by atoms with Gasteiger partial charge < -0.3 is 10.2 Å². The van der Waals surface area contributed by atoms with Gasteiger partial charge in [0.1, 0.15) is 5.69 Å². The fourth-order valence-electron chi connectivity index (χ4n) is 2.30. The number of aromatic nitrogens is 1. The fraction of sp³-hybridized carbons (Fsp3) is 0.636. The van der Waals surface area contributed by atoms with Gasteiger partial charge in [-0.2, -0.15) is 0 Å². The summed E-state index contributed by atoms with van der Waals surface area (Å²) in [7, 11) is 0. The van der Waals surface area contributed by atoms with Gasteiger partial charge in [0.05, 0.1) is 5.51 Å². The van der Waals surface area contributed by atoms with Crippen LogP contribution in [0, 0.1) is 0 Å². The van der Waals surface area contributed by atoms with E-state index in [0.717, 1.165) is 39.3 Å². The maximum atomic E-state index is 12.1. The van der Waals surface area contributed by atoms with Crippen LogP contribution in [0.2, 0.25) is 0 Å². The van der Waals surface area contributed by atoms with Gasteiger partial charge in [0.2, 0.25) is 0 Å². The van der Waals surface area contributed by atoms with Crippen molar-refractivity contribution in [3.63, 3.8) is 0 Å². The monoisotopic (exact) mass is 252 g/mol. The zero-order chi connectivity index (χ0) is 11.7. The van der Waals surface area contributed by atoms with Crippen LogP contribution in [0.5, 0.6) is 0 Å². The summed E-state index contributed by atoms with van der Waals surface area (Å²) < 4.78 is 0. The molecule has 3 rings (SSSR count). The lowest BCUT2D eigenvalue weighted by molar-refractivity contribution is 0.0498. The van der Waals surface area contributed by atoms with E-state index < -0.39 is 0 Å². The molecule has 2 fully saturated rings. The normalized spacial score (nSPS) is 22.5. The quantitative estimate of drug-likeness (QED) is 0.797. The minimum atomic E-state index is 0.0811. The average Bonchev–Trinajstić information content (AvgIpc) is 2.80. The number of nitrogens with one attached hydrogen (secondary N) is 1. The second-order valence-electron chi connectivity index (χ2n) is 4.51. The highest BCUT2D eigenvalue weighted by atomic mass is 32.1. The summed E-state index contributed by atoms with van der Waals surface area (Å²) in [6.07, 6.45) is 0. The summed E-state index contributed by atoms with van der Waals surface area (Å²) in [5, 5.41) is 5.11. The molecule has 5 nitrogen and oxygen atoms in total. The molecule has 1 aromatic rings. The van der Waals surface area contributed by atoms with Crippen molar-refractivity contribution in [1.29, 1.82) is 0 Å². The number of hydrogen-bond donors (Lipinski definition) is 1. The highest BCUT2D eigenvalue weighted by molar-refractivity contribution is 7.07. The maximum absolute atomic E-state index is 12.1. The van der Waals surface area contributed by atoms with Crippen LogP contribution >= 0.6 is 11.3 Å². The summed E-state index contributed by atoms with van der Waals surface area (Å²) in [6, 6.07) is 0.687. The van der Waals surface area contributed by atoms with Crippen molar-refractivity contribution in [1.82, 2.24) is 20.1 Å². The molecule has 2 aliphatic rings. The molecule has 2 saturated heterocycles. The van der Waals surface area contributed by atoms with E-state index in [0.29, 0.717) is 11.7 Å². The fourth-order valence-corrected chi connectivity index (χ4v) is 2.83. The Morgan fingerprint density at radius 1 is 1.35 bits per heavy atom. The lowest BCUT2D eigenvalue weighted by Gasteiger charge is -2.43. The molecule has 3 heterocycles.